The fourth-order valence-electron chi connectivity index (χ4n) is 4.24. The molecule has 6 nitrogen and oxygen atoms in total. The number of nitrogens with zero attached hydrogens (tertiary/aromatic N) is 1. The Labute approximate surface area is 213 Å². The summed E-state index contributed by atoms with van der Waals surface area (Å²) in [7, 11) is 0. The van der Waals surface area contributed by atoms with Crippen molar-refractivity contribution in [3.63, 3.8) is 0 Å². The number of anilines is 1. The van der Waals surface area contributed by atoms with Gasteiger partial charge < -0.3 is 15.2 Å². The first kappa shape index (κ1) is 24.4. The standard InChI is InChI=1S/C27H27IN2O4/c28-18-34-16-15-30(17-19-7-2-1-3-8-19)14-6-13-29-22-11-12-23(31)25-24(22)26(32)20-9-4-5-10-21(20)27(25)33/h1-5,7-12,29,31H,6,13-18H2. The summed E-state index contributed by atoms with van der Waals surface area (Å²) < 4.78 is 6.20. The lowest BCUT2D eigenvalue weighted by atomic mass is 9.82. The van der Waals surface area contributed by atoms with E-state index in [0.717, 1.165) is 26.1 Å². The highest BCUT2D eigenvalue weighted by Gasteiger charge is 2.33. The molecule has 3 aromatic carbocycles. The largest absolute Gasteiger partial charge is 0.507 e. The quantitative estimate of drug-likeness (QED) is 0.116. The number of ketones is 2. The number of halogens is 1. The van der Waals surface area contributed by atoms with Crippen LogP contribution in [-0.4, -0.2) is 52.4 Å². The van der Waals surface area contributed by atoms with Crippen LogP contribution in [0.15, 0.2) is 66.7 Å². The lowest BCUT2D eigenvalue weighted by Gasteiger charge is -2.24. The van der Waals surface area contributed by atoms with Crippen LogP contribution in [0.25, 0.3) is 0 Å². The van der Waals surface area contributed by atoms with E-state index in [9.17, 15) is 14.7 Å². The first-order valence-corrected chi connectivity index (χ1v) is 12.8. The Morgan fingerprint density at radius 1 is 0.853 bits per heavy atom. The Balaban J connectivity index is 1.43. The topological polar surface area (TPSA) is 78.9 Å². The van der Waals surface area contributed by atoms with E-state index in [1.165, 1.54) is 11.6 Å². The lowest BCUT2D eigenvalue weighted by molar-refractivity contribution is 0.0977. The molecule has 0 unspecified atom stereocenters. The number of alkyl halides is 1. The van der Waals surface area contributed by atoms with Gasteiger partial charge in [-0.1, -0.05) is 77.2 Å². The zero-order chi connectivity index (χ0) is 23.9. The van der Waals surface area contributed by atoms with Crippen molar-refractivity contribution < 1.29 is 19.4 Å². The minimum absolute atomic E-state index is 0.0790. The Kier molecular flexibility index (Phi) is 8.31. The van der Waals surface area contributed by atoms with Gasteiger partial charge in [0.1, 0.15) is 5.75 Å². The maximum absolute atomic E-state index is 13.2. The molecule has 7 heteroatoms. The van der Waals surface area contributed by atoms with E-state index in [1.54, 1.807) is 30.3 Å². The van der Waals surface area contributed by atoms with Crippen molar-refractivity contribution >= 4 is 39.8 Å². The van der Waals surface area contributed by atoms with Gasteiger partial charge in [-0.15, -0.1) is 0 Å². The number of nitrogens with one attached hydrogen (secondary N) is 1. The van der Waals surface area contributed by atoms with Gasteiger partial charge in [0, 0.05) is 43.0 Å². The van der Waals surface area contributed by atoms with Crippen molar-refractivity contribution in [1.82, 2.24) is 4.90 Å². The molecule has 0 aromatic heterocycles. The predicted molar refractivity (Wildman–Crippen MR) is 141 cm³/mol. The summed E-state index contributed by atoms with van der Waals surface area (Å²) in [6.45, 7) is 3.81. The monoisotopic (exact) mass is 570 g/mol. The average Bonchev–Trinajstić information content (AvgIpc) is 2.86. The summed E-state index contributed by atoms with van der Waals surface area (Å²) in [5.41, 5.74) is 2.86. The van der Waals surface area contributed by atoms with Crippen LogP contribution in [0.3, 0.4) is 0 Å². The molecule has 0 aliphatic heterocycles. The Morgan fingerprint density at radius 2 is 1.53 bits per heavy atom. The molecule has 0 fully saturated rings. The second-order valence-electron chi connectivity index (χ2n) is 8.15. The van der Waals surface area contributed by atoms with Crippen molar-refractivity contribution in [2.45, 2.75) is 13.0 Å². The second-order valence-corrected chi connectivity index (χ2v) is 8.77. The summed E-state index contributed by atoms with van der Waals surface area (Å²) in [6, 6.07) is 20.2. The number of benzene rings is 3. The zero-order valence-electron chi connectivity index (χ0n) is 18.8. The summed E-state index contributed by atoms with van der Waals surface area (Å²) in [5.74, 6) is -0.737. The van der Waals surface area contributed by atoms with Crippen molar-refractivity contribution in [3.05, 3.63) is 94.5 Å². The first-order valence-electron chi connectivity index (χ1n) is 11.3. The minimum atomic E-state index is -0.323. The van der Waals surface area contributed by atoms with Crippen LogP contribution in [0.1, 0.15) is 43.8 Å². The highest BCUT2D eigenvalue weighted by atomic mass is 127. The third kappa shape index (κ3) is 5.48. The summed E-state index contributed by atoms with van der Waals surface area (Å²) in [5, 5.41) is 13.7. The summed E-state index contributed by atoms with van der Waals surface area (Å²) in [4.78, 5) is 28.5. The van der Waals surface area contributed by atoms with Gasteiger partial charge in [-0.25, -0.2) is 0 Å². The number of phenolic OH excluding ortho intramolecular Hbond substituents is 1. The Hall–Kier alpha value is -2.75. The molecule has 4 rings (SSSR count). The molecule has 176 valence electrons. The van der Waals surface area contributed by atoms with E-state index in [0.29, 0.717) is 34.6 Å². The molecule has 1 aliphatic carbocycles. The van der Waals surface area contributed by atoms with E-state index in [1.807, 2.05) is 18.2 Å². The molecule has 0 saturated heterocycles. The summed E-state index contributed by atoms with van der Waals surface area (Å²) >= 11 is 2.20. The number of rotatable bonds is 11. The third-order valence-corrected chi connectivity index (χ3v) is 6.34. The molecule has 0 radical (unpaired) electrons. The lowest BCUT2D eigenvalue weighted by Crippen LogP contribution is -2.29. The molecule has 34 heavy (non-hydrogen) atoms. The first-order chi connectivity index (χ1) is 16.6. The number of carbonyl (C=O) groups excluding carboxylic acids is 2. The number of fused-ring (bicyclic) bond motifs is 2. The molecule has 0 bridgehead atoms. The van der Waals surface area contributed by atoms with Gasteiger partial charge in [0.05, 0.1) is 22.3 Å². The van der Waals surface area contributed by atoms with Gasteiger partial charge in [-0.2, -0.15) is 0 Å². The van der Waals surface area contributed by atoms with E-state index < -0.39 is 0 Å². The molecule has 0 spiro atoms. The van der Waals surface area contributed by atoms with E-state index in [-0.39, 0.29) is 28.4 Å². The zero-order valence-corrected chi connectivity index (χ0v) is 21.0. The highest BCUT2D eigenvalue weighted by Crippen LogP contribution is 2.36. The average molecular weight is 570 g/mol. The number of hydrogen-bond acceptors (Lipinski definition) is 6. The van der Waals surface area contributed by atoms with Crippen LogP contribution in [-0.2, 0) is 11.3 Å². The van der Waals surface area contributed by atoms with Crippen LogP contribution in [0, 0.1) is 0 Å². The Morgan fingerprint density at radius 3 is 2.24 bits per heavy atom. The predicted octanol–water partition coefficient (Wildman–Crippen LogP) is 4.88. The van der Waals surface area contributed by atoms with Crippen molar-refractivity contribution in [3.8, 4) is 5.75 Å². The second kappa shape index (κ2) is 11.6. The van der Waals surface area contributed by atoms with Gasteiger partial charge in [0.15, 0.2) is 11.6 Å². The van der Waals surface area contributed by atoms with Gasteiger partial charge in [0.2, 0.25) is 0 Å². The molecular weight excluding hydrogens is 543 g/mol. The highest BCUT2D eigenvalue weighted by molar-refractivity contribution is 14.1. The van der Waals surface area contributed by atoms with Crippen LogP contribution in [0.2, 0.25) is 0 Å². The fraction of sp³-hybridized carbons (Fsp3) is 0.259. The van der Waals surface area contributed by atoms with Crippen LogP contribution < -0.4 is 5.32 Å². The number of phenols is 1. The van der Waals surface area contributed by atoms with Crippen molar-refractivity contribution in [2.75, 3.05) is 36.2 Å². The van der Waals surface area contributed by atoms with Gasteiger partial charge in [-0.05, 0) is 24.1 Å². The maximum atomic E-state index is 13.2. The van der Waals surface area contributed by atoms with Crippen LogP contribution in [0.5, 0.6) is 5.75 Å². The summed E-state index contributed by atoms with van der Waals surface area (Å²) in [6.07, 6.45) is 0.839. The molecule has 0 amide bonds. The number of hydrogen-bond donors (Lipinski definition) is 2. The Bertz CT molecular complexity index is 1170. The van der Waals surface area contributed by atoms with Crippen LogP contribution in [0.4, 0.5) is 5.69 Å². The van der Waals surface area contributed by atoms with Crippen molar-refractivity contribution in [2.24, 2.45) is 0 Å². The SMILES string of the molecule is O=C1c2ccccc2C(=O)c2c(NCCCN(CCOCI)Cc3ccccc3)ccc(O)c21. The molecule has 1 aliphatic rings. The molecule has 0 saturated carbocycles. The molecule has 3 aromatic rings. The van der Waals surface area contributed by atoms with Crippen LogP contribution >= 0.6 is 22.6 Å². The molecule has 2 N–H and O–H groups in total. The molecule has 0 heterocycles. The fourth-order valence-corrected chi connectivity index (χ4v) is 4.55. The minimum Gasteiger partial charge on any atom is -0.507 e. The van der Waals surface area contributed by atoms with E-state index in [4.69, 9.17) is 4.74 Å². The number of carbonyl (C=O) groups is 2. The van der Waals surface area contributed by atoms with E-state index in [2.05, 4.69) is 44.9 Å². The number of aromatic hydroxyl groups is 1. The molecule has 0 atom stereocenters. The molecular formula is C27H27IN2O4. The number of ether oxygens (including phenoxy) is 1. The maximum Gasteiger partial charge on any atom is 0.198 e. The van der Waals surface area contributed by atoms with Gasteiger partial charge in [-0.3, -0.25) is 14.5 Å². The van der Waals surface area contributed by atoms with Gasteiger partial charge in [0.25, 0.3) is 0 Å². The normalized spacial score (nSPS) is 12.5. The smallest absolute Gasteiger partial charge is 0.198 e. The van der Waals surface area contributed by atoms with Crippen molar-refractivity contribution in [1.29, 1.82) is 0 Å². The third-order valence-electron chi connectivity index (χ3n) is 5.90. The van der Waals surface area contributed by atoms with Gasteiger partial charge >= 0.3 is 0 Å². The van der Waals surface area contributed by atoms with E-state index >= 15 is 0 Å².